The quantitative estimate of drug-likeness (QED) is 0.779. The van der Waals surface area contributed by atoms with Crippen LogP contribution in [0.4, 0.5) is 5.69 Å². The molecule has 1 unspecified atom stereocenters. The average Bonchev–Trinajstić information content (AvgIpc) is 2.47. The first kappa shape index (κ1) is 9.85. The molecule has 1 aliphatic heterocycles. The number of hydrogen-bond acceptors (Lipinski definition) is 1. The van der Waals surface area contributed by atoms with Crippen LogP contribution in [0.2, 0.25) is 5.02 Å². The lowest BCUT2D eigenvalue weighted by Gasteiger charge is -2.12. The monoisotopic (exact) mass is 209 g/mol. The molecule has 14 heavy (non-hydrogen) atoms. The second kappa shape index (κ2) is 3.82. The average molecular weight is 210 g/mol. The largest absolute Gasteiger partial charge is 0.384 e. The molecule has 1 aromatic carbocycles. The zero-order chi connectivity index (χ0) is 10.1. The zero-order valence-electron chi connectivity index (χ0n) is 8.68. The molecule has 0 aromatic heterocycles. The highest BCUT2D eigenvalue weighted by atomic mass is 35.5. The molecule has 1 N–H and O–H groups in total. The van der Waals surface area contributed by atoms with E-state index < -0.39 is 0 Å². The molecule has 1 nitrogen and oxygen atoms in total. The Bertz CT molecular complexity index is 333. The summed E-state index contributed by atoms with van der Waals surface area (Å²) in [6.45, 7) is 5.60. The number of nitrogens with one attached hydrogen (secondary N) is 1. The molecule has 0 saturated carbocycles. The highest BCUT2D eigenvalue weighted by Crippen LogP contribution is 2.36. The number of anilines is 1. The van der Waals surface area contributed by atoms with Gasteiger partial charge in [0.05, 0.1) is 0 Å². The molecule has 0 spiro atoms. The lowest BCUT2D eigenvalue weighted by Crippen LogP contribution is -2.05. The maximum Gasteiger partial charge on any atom is 0.0410 e. The van der Waals surface area contributed by atoms with Gasteiger partial charge >= 0.3 is 0 Å². The molecule has 1 aromatic rings. The molecule has 0 aliphatic carbocycles. The zero-order valence-corrected chi connectivity index (χ0v) is 9.43. The SMILES string of the molecule is CC(C)CC1CNc2ccc(Cl)cc21. The number of fused-ring (bicyclic) bond motifs is 1. The summed E-state index contributed by atoms with van der Waals surface area (Å²) in [5.74, 6) is 1.38. The van der Waals surface area contributed by atoms with E-state index in [-0.39, 0.29) is 0 Å². The minimum atomic E-state index is 0.642. The van der Waals surface area contributed by atoms with Gasteiger partial charge in [0.2, 0.25) is 0 Å². The van der Waals surface area contributed by atoms with Crippen molar-refractivity contribution >= 4 is 17.3 Å². The Kier molecular flexibility index (Phi) is 2.69. The van der Waals surface area contributed by atoms with Gasteiger partial charge in [0.15, 0.2) is 0 Å². The van der Waals surface area contributed by atoms with Crippen molar-refractivity contribution < 1.29 is 0 Å². The first-order valence-corrected chi connectivity index (χ1v) is 5.58. The van der Waals surface area contributed by atoms with E-state index >= 15 is 0 Å². The van der Waals surface area contributed by atoms with Crippen LogP contribution < -0.4 is 5.32 Å². The standard InChI is InChI=1S/C12H16ClN/c1-8(2)5-9-7-14-12-4-3-10(13)6-11(9)12/h3-4,6,8-9,14H,5,7H2,1-2H3. The van der Waals surface area contributed by atoms with Gasteiger partial charge in [-0.3, -0.25) is 0 Å². The third-order valence-corrected chi connectivity index (χ3v) is 2.98. The van der Waals surface area contributed by atoms with Crippen LogP contribution in [0.25, 0.3) is 0 Å². The van der Waals surface area contributed by atoms with Crippen molar-refractivity contribution in [1.82, 2.24) is 0 Å². The van der Waals surface area contributed by atoms with E-state index in [4.69, 9.17) is 11.6 Å². The van der Waals surface area contributed by atoms with Gasteiger partial charge in [0, 0.05) is 23.2 Å². The summed E-state index contributed by atoms with van der Waals surface area (Å²) in [7, 11) is 0. The molecule has 76 valence electrons. The van der Waals surface area contributed by atoms with E-state index in [0.717, 1.165) is 17.5 Å². The van der Waals surface area contributed by atoms with Crippen LogP contribution in [-0.2, 0) is 0 Å². The van der Waals surface area contributed by atoms with Crippen molar-refractivity contribution in [3.8, 4) is 0 Å². The van der Waals surface area contributed by atoms with Crippen molar-refractivity contribution in [2.24, 2.45) is 5.92 Å². The predicted octanol–water partition coefficient (Wildman–Crippen LogP) is 3.90. The summed E-state index contributed by atoms with van der Waals surface area (Å²) in [6.07, 6.45) is 1.24. The topological polar surface area (TPSA) is 12.0 Å². The Morgan fingerprint density at radius 1 is 1.50 bits per heavy atom. The van der Waals surface area contributed by atoms with Crippen LogP contribution >= 0.6 is 11.6 Å². The molecule has 2 heteroatoms. The minimum absolute atomic E-state index is 0.642. The second-order valence-electron chi connectivity index (χ2n) is 4.44. The van der Waals surface area contributed by atoms with Crippen LogP contribution in [0, 0.1) is 5.92 Å². The van der Waals surface area contributed by atoms with Crippen molar-refractivity contribution in [2.75, 3.05) is 11.9 Å². The molecule has 0 radical (unpaired) electrons. The van der Waals surface area contributed by atoms with Gasteiger partial charge in [-0.2, -0.15) is 0 Å². The second-order valence-corrected chi connectivity index (χ2v) is 4.88. The predicted molar refractivity (Wildman–Crippen MR) is 62.1 cm³/mol. The van der Waals surface area contributed by atoms with Gasteiger partial charge in [-0.1, -0.05) is 25.4 Å². The summed E-state index contributed by atoms with van der Waals surface area (Å²) >= 11 is 6.00. The van der Waals surface area contributed by atoms with Crippen molar-refractivity contribution in [3.63, 3.8) is 0 Å². The van der Waals surface area contributed by atoms with E-state index in [1.807, 2.05) is 6.07 Å². The van der Waals surface area contributed by atoms with Crippen LogP contribution in [0.5, 0.6) is 0 Å². The fraction of sp³-hybridized carbons (Fsp3) is 0.500. The van der Waals surface area contributed by atoms with E-state index in [1.54, 1.807) is 0 Å². The fourth-order valence-corrected chi connectivity index (χ4v) is 2.34. The fourth-order valence-electron chi connectivity index (χ4n) is 2.15. The third-order valence-electron chi connectivity index (χ3n) is 2.75. The Morgan fingerprint density at radius 2 is 2.29 bits per heavy atom. The van der Waals surface area contributed by atoms with E-state index in [9.17, 15) is 0 Å². The summed E-state index contributed by atoms with van der Waals surface area (Å²) in [6, 6.07) is 6.13. The van der Waals surface area contributed by atoms with Gasteiger partial charge in [-0.25, -0.2) is 0 Å². The van der Waals surface area contributed by atoms with Crippen molar-refractivity contribution in [3.05, 3.63) is 28.8 Å². The number of rotatable bonds is 2. The smallest absolute Gasteiger partial charge is 0.0410 e. The van der Waals surface area contributed by atoms with E-state index in [1.165, 1.54) is 17.7 Å². The Labute approximate surface area is 90.5 Å². The van der Waals surface area contributed by atoms with E-state index in [0.29, 0.717) is 5.92 Å². The van der Waals surface area contributed by atoms with Gasteiger partial charge in [0.1, 0.15) is 0 Å². The summed E-state index contributed by atoms with van der Waals surface area (Å²) in [5, 5.41) is 4.27. The highest BCUT2D eigenvalue weighted by molar-refractivity contribution is 6.30. The molecular formula is C12H16ClN. The summed E-state index contributed by atoms with van der Waals surface area (Å²) in [5.41, 5.74) is 2.66. The maximum atomic E-state index is 6.00. The number of hydrogen-bond donors (Lipinski definition) is 1. The van der Waals surface area contributed by atoms with Crippen molar-refractivity contribution in [2.45, 2.75) is 26.2 Å². The molecule has 1 atom stereocenters. The normalized spacial score (nSPS) is 19.6. The molecule has 0 saturated heterocycles. The van der Waals surface area contributed by atoms with E-state index in [2.05, 4.69) is 31.3 Å². The highest BCUT2D eigenvalue weighted by Gasteiger charge is 2.22. The minimum Gasteiger partial charge on any atom is -0.384 e. The Balaban J connectivity index is 2.24. The van der Waals surface area contributed by atoms with Crippen LogP contribution in [0.3, 0.4) is 0 Å². The number of halogens is 1. The Hall–Kier alpha value is -0.690. The van der Waals surface area contributed by atoms with Crippen LogP contribution in [0.15, 0.2) is 18.2 Å². The molecule has 0 bridgehead atoms. The first-order valence-electron chi connectivity index (χ1n) is 5.20. The van der Waals surface area contributed by atoms with Crippen LogP contribution in [-0.4, -0.2) is 6.54 Å². The third kappa shape index (κ3) is 1.88. The molecule has 2 rings (SSSR count). The maximum absolute atomic E-state index is 6.00. The first-order chi connectivity index (χ1) is 6.66. The van der Waals surface area contributed by atoms with Gasteiger partial charge in [-0.05, 0) is 36.1 Å². The molecular weight excluding hydrogens is 194 g/mol. The lowest BCUT2D eigenvalue weighted by atomic mass is 9.92. The summed E-state index contributed by atoms with van der Waals surface area (Å²) < 4.78 is 0. The molecule has 0 fully saturated rings. The van der Waals surface area contributed by atoms with Gasteiger partial charge in [-0.15, -0.1) is 0 Å². The van der Waals surface area contributed by atoms with Gasteiger partial charge < -0.3 is 5.32 Å². The van der Waals surface area contributed by atoms with Gasteiger partial charge in [0.25, 0.3) is 0 Å². The van der Waals surface area contributed by atoms with Crippen LogP contribution in [0.1, 0.15) is 31.7 Å². The summed E-state index contributed by atoms with van der Waals surface area (Å²) in [4.78, 5) is 0. The van der Waals surface area contributed by atoms with Crippen molar-refractivity contribution in [1.29, 1.82) is 0 Å². The Morgan fingerprint density at radius 3 is 3.00 bits per heavy atom. The lowest BCUT2D eigenvalue weighted by molar-refractivity contribution is 0.522. The molecule has 1 heterocycles. The molecule has 0 amide bonds. The molecule has 1 aliphatic rings. The number of benzene rings is 1.